The quantitative estimate of drug-likeness (QED) is 0.799. The Morgan fingerprint density at radius 1 is 1.35 bits per heavy atom. The first-order valence-electron chi connectivity index (χ1n) is 7.12. The highest BCUT2D eigenvalue weighted by molar-refractivity contribution is 9.10. The van der Waals surface area contributed by atoms with Crippen molar-refractivity contribution in [3.05, 3.63) is 34.3 Å². The van der Waals surface area contributed by atoms with Gasteiger partial charge < -0.3 is 0 Å². The molecular weight excluding hydrogens is 318 g/mol. The van der Waals surface area contributed by atoms with Crippen LogP contribution in [0.2, 0.25) is 0 Å². The molecule has 1 spiro atoms. The Morgan fingerprint density at radius 2 is 2.15 bits per heavy atom. The normalized spacial score (nSPS) is 33.5. The maximum atomic E-state index is 12.5. The number of amides is 2. The number of piperidine rings is 1. The molecule has 1 N–H and O–H groups in total. The zero-order valence-corrected chi connectivity index (χ0v) is 13.1. The summed E-state index contributed by atoms with van der Waals surface area (Å²) in [5.41, 5.74) is 0.818. The van der Waals surface area contributed by atoms with E-state index in [0.717, 1.165) is 29.3 Å². The van der Waals surface area contributed by atoms with E-state index in [1.807, 2.05) is 24.3 Å². The van der Waals surface area contributed by atoms with Gasteiger partial charge in [-0.05, 0) is 35.4 Å². The summed E-state index contributed by atoms with van der Waals surface area (Å²) in [6.07, 6.45) is 3.64. The van der Waals surface area contributed by atoms with Crippen molar-refractivity contribution >= 4 is 27.7 Å². The van der Waals surface area contributed by atoms with E-state index in [1.54, 1.807) is 0 Å². The molecule has 0 aromatic heterocycles. The van der Waals surface area contributed by atoms with Crippen LogP contribution in [0.5, 0.6) is 0 Å². The number of carbonyl (C=O) groups is 2. The van der Waals surface area contributed by atoms with Crippen LogP contribution in [-0.4, -0.2) is 11.8 Å². The fourth-order valence-corrected chi connectivity index (χ4v) is 4.46. The summed E-state index contributed by atoms with van der Waals surface area (Å²) < 4.78 is 0.973. The van der Waals surface area contributed by atoms with E-state index in [2.05, 4.69) is 28.2 Å². The molecule has 3 unspecified atom stereocenters. The van der Waals surface area contributed by atoms with E-state index in [1.165, 1.54) is 0 Å². The molecule has 20 heavy (non-hydrogen) atoms. The minimum atomic E-state index is -0.213. The summed E-state index contributed by atoms with van der Waals surface area (Å²) in [7, 11) is 0. The van der Waals surface area contributed by atoms with Gasteiger partial charge in [-0.1, -0.05) is 47.8 Å². The first kappa shape index (κ1) is 13.8. The highest BCUT2D eigenvalue weighted by Crippen LogP contribution is 2.56. The number of nitrogens with one attached hydrogen (secondary N) is 1. The zero-order valence-electron chi connectivity index (χ0n) is 11.5. The molecule has 2 aliphatic rings. The van der Waals surface area contributed by atoms with Crippen molar-refractivity contribution in [2.45, 2.75) is 38.5 Å². The van der Waals surface area contributed by atoms with Crippen LogP contribution in [0.25, 0.3) is 0 Å². The molecule has 1 aliphatic carbocycles. The Morgan fingerprint density at radius 3 is 2.80 bits per heavy atom. The number of imide groups is 1. The third-order valence-electron chi connectivity index (χ3n) is 5.03. The number of rotatable bonds is 1. The van der Waals surface area contributed by atoms with Crippen molar-refractivity contribution < 1.29 is 9.59 Å². The minimum Gasteiger partial charge on any atom is -0.296 e. The molecule has 1 aromatic carbocycles. The van der Waals surface area contributed by atoms with Gasteiger partial charge in [0, 0.05) is 10.9 Å². The van der Waals surface area contributed by atoms with Crippen LogP contribution < -0.4 is 5.32 Å². The summed E-state index contributed by atoms with van der Waals surface area (Å²) in [4.78, 5) is 24.4. The SMILES string of the molecule is CC1CCCC12CC(=O)NC(=O)C2c1cccc(Br)c1. The van der Waals surface area contributed by atoms with E-state index < -0.39 is 0 Å². The van der Waals surface area contributed by atoms with Gasteiger partial charge in [0.2, 0.25) is 11.8 Å². The van der Waals surface area contributed by atoms with Crippen LogP contribution >= 0.6 is 15.9 Å². The van der Waals surface area contributed by atoms with Crippen molar-refractivity contribution in [2.75, 3.05) is 0 Å². The van der Waals surface area contributed by atoms with Crippen molar-refractivity contribution in [2.24, 2.45) is 11.3 Å². The smallest absolute Gasteiger partial charge is 0.234 e. The lowest BCUT2D eigenvalue weighted by molar-refractivity contribution is -0.141. The fraction of sp³-hybridized carbons (Fsp3) is 0.500. The van der Waals surface area contributed by atoms with Crippen molar-refractivity contribution in [1.29, 1.82) is 0 Å². The molecule has 0 bridgehead atoms. The lowest BCUT2D eigenvalue weighted by Crippen LogP contribution is -2.51. The second-order valence-corrected chi connectivity index (χ2v) is 7.02. The predicted octanol–water partition coefficient (Wildman–Crippen LogP) is 3.39. The second-order valence-electron chi connectivity index (χ2n) is 6.10. The van der Waals surface area contributed by atoms with Crippen LogP contribution in [0.1, 0.15) is 44.1 Å². The maximum absolute atomic E-state index is 12.5. The van der Waals surface area contributed by atoms with Gasteiger partial charge in [0.15, 0.2) is 0 Å². The Hall–Kier alpha value is -1.16. The molecular formula is C16H18BrNO2. The highest BCUT2D eigenvalue weighted by atomic mass is 79.9. The molecule has 1 aromatic rings. The van der Waals surface area contributed by atoms with E-state index in [0.29, 0.717) is 12.3 Å². The van der Waals surface area contributed by atoms with Gasteiger partial charge in [-0.15, -0.1) is 0 Å². The Labute approximate surface area is 127 Å². The summed E-state index contributed by atoms with van der Waals surface area (Å²) in [5, 5.41) is 2.53. The van der Waals surface area contributed by atoms with Crippen LogP contribution in [0.15, 0.2) is 28.7 Å². The average molecular weight is 336 g/mol. The predicted molar refractivity (Wildman–Crippen MR) is 80.1 cm³/mol. The molecule has 1 aliphatic heterocycles. The number of hydrogen-bond donors (Lipinski definition) is 1. The van der Waals surface area contributed by atoms with E-state index in [4.69, 9.17) is 0 Å². The molecule has 1 heterocycles. The van der Waals surface area contributed by atoms with Gasteiger partial charge in [-0.25, -0.2) is 0 Å². The standard InChI is InChI=1S/C16H18BrNO2/c1-10-4-3-7-16(10)9-13(19)18-15(20)14(16)11-5-2-6-12(17)8-11/h2,5-6,8,10,14H,3-4,7,9H2,1H3,(H,18,19,20). The van der Waals surface area contributed by atoms with Gasteiger partial charge in [-0.3, -0.25) is 14.9 Å². The van der Waals surface area contributed by atoms with Crippen LogP contribution in [0.3, 0.4) is 0 Å². The summed E-state index contributed by atoms with van der Waals surface area (Å²) >= 11 is 3.47. The molecule has 0 radical (unpaired) electrons. The molecule has 4 heteroatoms. The second kappa shape index (κ2) is 4.99. The lowest BCUT2D eigenvalue weighted by Gasteiger charge is -2.43. The van der Waals surface area contributed by atoms with Gasteiger partial charge in [-0.2, -0.15) is 0 Å². The summed E-state index contributed by atoms with van der Waals surface area (Å²) in [5.74, 6) is -0.0558. The number of hydrogen-bond acceptors (Lipinski definition) is 2. The van der Waals surface area contributed by atoms with Crippen molar-refractivity contribution in [3.63, 3.8) is 0 Å². The highest BCUT2D eigenvalue weighted by Gasteiger charge is 2.53. The average Bonchev–Trinajstić information content (AvgIpc) is 2.70. The molecule has 2 fully saturated rings. The third-order valence-corrected chi connectivity index (χ3v) is 5.53. The lowest BCUT2D eigenvalue weighted by atomic mass is 9.62. The third kappa shape index (κ3) is 2.10. The Balaban J connectivity index is 2.09. The fourth-order valence-electron chi connectivity index (χ4n) is 4.05. The van der Waals surface area contributed by atoms with Crippen LogP contribution in [0.4, 0.5) is 0 Å². The van der Waals surface area contributed by atoms with Gasteiger partial charge in [0.05, 0.1) is 5.92 Å². The first-order chi connectivity index (χ1) is 9.53. The Bertz CT molecular complexity index is 571. The largest absolute Gasteiger partial charge is 0.296 e. The molecule has 2 amide bonds. The van der Waals surface area contributed by atoms with Crippen LogP contribution in [0, 0.1) is 11.3 Å². The summed E-state index contributed by atoms with van der Waals surface area (Å²) in [6, 6.07) is 7.92. The maximum Gasteiger partial charge on any atom is 0.234 e. The molecule has 1 saturated carbocycles. The zero-order chi connectivity index (χ0) is 14.3. The number of halogens is 1. The van der Waals surface area contributed by atoms with E-state index in [-0.39, 0.29) is 23.1 Å². The minimum absolute atomic E-state index is 0.116. The first-order valence-corrected chi connectivity index (χ1v) is 7.91. The summed E-state index contributed by atoms with van der Waals surface area (Å²) in [6.45, 7) is 2.18. The van der Waals surface area contributed by atoms with E-state index >= 15 is 0 Å². The molecule has 3 nitrogen and oxygen atoms in total. The van der Waals surface area contributed by atoms with Crippen LogP contribution in [-0.2, 0) is 9.59 Å². The molecule has 3 atom stereocenters. The Kier molecular flexibility index (Phi) is 3.44. The number of carbonyl (C=O) groups excluding carboxylic acids is 2. The van der Waals surface area contributed by atoms with E-state index in [9.17, 15) is 9.59 Å². The molecule has 106 valence electrons. The molecule has 1 saturated heterocycles. The van der Waals surface area contributed by atoms with Crippen molar-refractivity contribution in [1.82, 2.24) is 5.32 Å². The van der Waals surface area contributed by atoms with Gasteiger partial charge in [0.1, 0.15) is 0 Å². The van der Waals surface area contributed by atoms with Gasteiger partial charge in [0.25, 0.3) is 0 Å². The van der Waals surface area contributed by atoms with Crippen molar-refractivity contribution in [3.8, 4) is 0 Å². The van der Waals surface area contributed by atoms with Gasteiger partial charge >= 0.3 is 0 Å². The topological polar surface area (TPSA) is 46.2 Å². The monoisotopic (exact) mass is 335 g/mol. The molecule has 3 rings (SSSR count). The number of benzene rings is 1.